The molecule has 2 heterocycles. The Labute approximate surface area is 195 Å². The molecule has 3 aromatic rings. The number of hydrogen-bond acceptors (Lipinski definition) is 5. The average molecular weight is 471 g/mol. The summed E-state index contributed by atoms with van der Waals surface area (Å²) < 4.78 is 0. The van der Waals surface area contributed by atoms with E-state index in [2.05, 4.69) is 27.4 Å². The number of carbonyl (C=O) groups is 2. The van der Waals surface area contributed by atoms with Crippen molar-refractivity contribution in [1.82, 2.24) is 15.3 Å². The number of aliphatic carboxylic acids is 1. The van der Waals surface area contributed by atoms with Crippen molar-refractivity contribution in [2.45, 2.75) is 25.4 Å². The molecule has 1 atom stereocenters. The van der Waals surface area contributed by atoms with Crippen LogP contribution < -0.4 is 10.2 Å². The first-order valence-electron chi connectivity index (χ1n) is 10.0. The van der Waals surface area contributed by atoms with Crippen molar-refractivity contribution in [3.05, 3.63) is 87.3 Å². The van der Waals surface area contributed by atoms with E-state index in [-0.39, 0.29) is 17.4 Å². The molecule has 0 saturated carbocycles. The third-order valence-corrected chi connectivity index (χ3v) is 5.75. The van der Waals surface area contributed by atoms with Crippen LogP contribution in [0.1, 0.15) is 27.2 Å². The van der Waals surface area contributed by atoms with Gasteiger partial charge in [0.15, 0.2) is 0 Å². The van der Waals surface area contributed by atoms with Crippen LogP contribution in [-0.2, 0) is 24.2 Å². The first-order chi connectivity index (χ1) is 15.4. The molecule has 1 aliphatic rings. The highest BCUT2D eigenvalue weighted by atomic mass is 35.5. The molecule has 1 aromatic heterocycles. The normalized spacial score (nSPS) is 13.9. The molecule has 4 rings (SSSR count). The van der Waals surface area contributed by atoms with Crippen molar-refractivity contribution in [2.75, 3.05) is 11.4 Å². The van der Waals surface area contributed by atoms with Gasteiger partial charge in [-0.1, -0.05) is 48.0 Å². The third-order valence-electron chi connectivity index (χ3n) is 5.33. The number of halogens is 2. The van der Waals surface area contributed by atoms with Crippen LogP contribution in [0.4, 0.5) is 5.82 Å². The monoisotopic (exact) mass is 470 g/mol. The Kier molecular flexibility index (Phi) is 6.58. The van der Waals surface area contributed by atoms with Gasteiger partial charge >= 0.3 is 5.97 Å². The molecule has 7 nitrogen and oxygen atoms in total. The summed E-state index contributed by atoms with van der Waals surface area (Å²) in [6, 6.07) is 15.4. The van der Waals surface area contributed by atoms with Crippen LogP contribution in [0.3, 0.4) is 0 Å². The quantitative estimate of drug-likeness (QED) is 0.532. The van der Waals surface area contributed by atoms with Gasteiger partial charge in [-0.2, -0.15) is 0 Å². The molecule has 1 amide bonds. The van der Waals surface area contributed by atoms with Crippen molar-refractivity contribution >= 4 is 40.9 Å². The second kappa shape index (κ2) is 9.54. The van der Waals surface area contributed by atoms with Gasteiger partial charge in [0.25, 0.3) is 5.91 Å². The van der Waals surface area contributed by atoms with Gasteiger partial charge < -0.3 is 15.3 Å². The summed E-state index contributed by atoms with van der Waals surface area (Å²) in [5.41, 5.74) is 3.22. The van der Waals surface area contributed by atoms with E-state index in [0.717, 1.165) is 18.5 Å². The molecule has 0 bridgehead atoms. The highest BCUT2D eigenvalue weighted by molar-refractivity contribution is 6.30. The Morgan fingerprint density at radius 1 is 1.06 bits per heavy atom. The molecule has 0 saturated heterocycles. The molecule has 32 heavy (non-hydrogen) atoms. The number of amides is 1. The zero-order chi connectivity index (χ0) is 22.7. The van der Waals surface area contributed by atoms with Crippen LogP contribution in [0.15, 0.2) is 54.6 Å². The standard InChI is InChI=1S/C23H20Cl2N4O3/c24-17-7-5-14(6-8-17)11-19(22(31)32)26-21(30)18-12-20(28-23(25)27-18)29-10-9-15-3-1-2-4-16(15)13-29/h1-8,12,19H,9-11,13H2,(H,26,30)(H,31,32). The van der Waals surface area contributed by atoms with E-state index in [0.29, 0.717) is 17.4 Å². The minimum absolute atomic E-state index is 0.0150. The zero-order valence-electron chi connectivity index (χ0n) is 17.0. The first kappa shape index (κ1) is 22.0. The smallest absolute Gasteiger partial charge is 0.326 e. The largest absolute Gasteiger partial charge is 0.480 e. The Balaban J connectivity index is 1.51. The molecular formula is C23H20Cl2N4O3. The van der Waals surface area contributed by atoms with Crippen molar-refractivity contribution in [3.8, 4) is 0 Å². The number of carboxylic acid groups (broad SMARTS) is 1. The Morgan fingerprint density at radius 2 is 1.78 bits per heavy atom. The van der Waals surface area contributed by atoms with Gasteiger partial charge in [-0.05, 0) is 46.8 Å². The Morgan fingerprint density at radius 3 is 2.50 bits per heavy atom. The Bertz CT molecular complexity index is 1150. The number of carboxylic acids is 1. The van der Waals surface area contributed by atoms with E-state index in [9.17, 15) is 14.7 Å². The molecule has 1 unspecified atom stereocenters. The topological polar surface area (TPSA) is 95.4 Å². The lowest BCUT2D eigenvalue weighted by molar-refractivity contribution is -0.139. The summed E-state index contributed by atoms with van der Waals surface area (Å²) in [6.07, 6.45) is 0.953. The number of nitrogens with zero attached hydrogens (tertiary/aromatic N) is 3. The molecule has 0 radical (unpaired) electrons. The maximum absolute atomic E-state index is 12.8. The highest BCUT2D eigenvalue weighted by Gasteiger charge is 2.24. The number of anilines is 1. The van der Waals surface area contributed by atoms with Crippen molar-refractivity contribution in [2.24, 2.45) is 0 Å². The molecule has 0 spiro atoms. The van der Waals surface area contributed by atoms with Crippen molar-refractivity contribution in [1.29, 1.82) is 0 Å². The average Bonchev–Trinajstić information content (AvgIpc) is 2.79. The lowest BCUT2D eigenvalue weighted by Gasteiger charge is -2.30. The molecule has 164 valence electrons. The molecular weight excluding hydrogens is 451 g/mol. The lowest BCUT2D eigenvalue weighted by atomic mass is 10.00. The second-order valence-corrected chi connectivity index (χ2v) is 8.29. The minimum Gasteiger partial charge on any atom is -0.480 e. The minimum atomic E-state index is -1.15. The number of rotatable bonds is 6. The fourth-order valence-electron chi connectivity index (χ4n) is 3.66. The maximum Gasteiger partial charge on any atom is 0.326 e. The van der Waals surface area contributed by atoms with Gasteiger partial charge in [0.1, 0.15) is 17.6 Å². The number of hydrogen-bond donors (Lipinski definition) is 2. The number of nitrogens with one attached hydrogen (secondary N) is 1. The third kappa shape index (κ3) is 5.18. The summed E-state index contributed by atoms with van der Waals surface area (Å²) in [5.74, 6) is -1.26. The molecule has 9 heteroatoms. The number of carbonyl (C=O) groups excluding carboxylic acids is 1. The van der Waals surface area contributed by atoms with Gasteiger partial charge in [-0.15, -0.1) is 0 Å². The fraction of sp³-hybridized carbons (Fsp3) is 0.217. The summed E-state index contributed by atoms with van der Waals surface area (Å²) >= 11 is 12.0. The van der Waals surface area contributed by atoms with Crippen molar-refractivity contribution in [3.63, 3.8) is 0 Å². The molecule has 1 aliphatic heterocycles. The van der Waals surface area contributed by atoms with Crippen LogP contribution >= 0.6 is 23.2 Å². The molecule has 2 N–H and O–H groups in total. The number of fused-ring (bicyclic) bond motifs is 1. The summed E-state index contributed by atoms with van der Waals surface area (Å²) in [6.45, 7) is 1.36. The van der Waals surface area contributed by atoms with E-state index in [1.54, 1.807) is 24.3 Å². The van der Waals surface area contributed by atoms with Gasteiger partial charge in [-0.25, -0.2) is 14.8 Å². The summed E-state index contributed by atoms with van der Waals surface area (Å²) in [7, 11) is 0. The van der Waals surface area contributed by atoms with Crippen LogP contribution in [0.5, 0.6) is 0 Å². The SMILES string of the molecule is O=C(NC(Cc1ccc(Cl)cc1)C(=O)O)c1cc(N2CCc3ccccc3C2)nc(Cl)n1. The van der Waals surface area contributed by atoms with E-state index in [1.807, 2.05) is 17.0 Å². The predicted molar refractivity (Wildman–Crippen MR) is 122 cm³/mol. The van der Waals surface area contributed by atoms with Gasteiger partial charge in [-0.3, -0.25) is 4.79 Å². The van der Waals surface area contributed by atoms with Gasteiger partial charge in [0.2, 0.25) is 5.28 Å². The number of aromatic nitrogens is 2. The number of benzene rings is 2. The predicted octanol–water partition coefficient (Wildman–Crippen LogP) is 3.77. The van der Waals surface area contributed by atoms with Crippen LogP contribution in [0.25, 0.3) is 0 Å². The van der Waals surface area contributed by atoms with Crippen LogP contribution in [0.2, 0.25) is 10.3 Å². The molecule has 0 fully saturated rings. The first-order valence-corrected chi connectivity index (χ1v) is 10.8. The van der Waals surface area contributed by atoms with Crippen LogP contribution in [0, 0.1) is 0 Å². The maximum atomic E-state index is 12.8. The molecule has 2 aromatic carbocycles. The van der Waals surface area contributed by atoms with Gasteiger partial charge in [0.05, 0.1) is 0 Å². The fourth-order valence-corrected chi connectivity index (χ4v) is 3.97. The molecule has 0 aliphatic carbocycles. The second-order valence-electron chi connectivity index (χ2n) is 7.52. The van der Waals surface area contributed by atoms with E-state index in [1.165, 1.54) is 17.2 Å². The van der Waals surface area contributed by atoms with Crippen molar-refractivity contribution < 1.29 is 14.7 Å². The summed E-state index contributed by atoms with van der Waals surface area (Å²) in [4.78, 5) is 34.9. The van der Waals surface area contributed by atoms with Gasteiger partial charge in [0, 0.05) is 30.6 Å². The highest BCUT2D eigenvalue weighted by Crippen LogP contribution is 2.24. The Hall–Kier alpha value is -3.16. The van der Waals surface area contributed by atoms with Crippen LogP contribution in [-0.4, -0.2) is 39.5 Å². The van der Waals surface area contributed by atoms with E-state index < -0.39 is 17.9 Å². The lowest BCUT2D eigenvalue weighted by Crippen LogP contribution is -2.42. The summed E-state index contributed by atoms with van der Waals surface area (Å²) in [5, 5.41) is 12.6. The van der Waals surface area contributed by atoms with E-state index >= 15 is 0 Å². The van der Waals surface area contributed by atoms with E-state index in [4.69, 9.17) is 23.2 Å². The zero-order valence-corrected chi connectivity index (χ0v) is 18.5.